The van der Waals surface area contributed by atoms with Crippen molar-refractivity contribution >= 4 is 126 Å². The number of hydrogen-bond donors (Lipinski definition) is 10. The van der Waals surface area contributed by atoms with Crippen molar-refractivity contribution in [3.63, 3.8) is 0 Å². The smallest absolute Gasteiger partial charge is 0.871 e. The Morgan fingerprint density at radius 3 is 1.35 bits per heavy atom. The van der Waals surface area contributed by atoms with Crippen molar-refractivity contribution in [1.82, 2.24) is 59.9 Å². The molecule has 10 N–H and O–H groups in total. The molecule has 0 unspecified atom stereocenters. The summed E-state index contributed by atoms with van der Waals surface area (Å²) in [7, 11) is -19.5. The summed E-state index contributed by atoms with van der Waals surface area (Å²) in [5.74, 6) is -1.30. The van der Waals surface area contributed by atoms with Crippen LogP contribution in [0.5, 0.6) is 11.5 Å². The Labute approximate surface area is 522 Å². The van der Waals surface area contributed by atoms with Crippen LogP contribution in [0.2, 0.25) is 10.6 Å². The van der Waals surface area contributed by atoms with Gasteiger partial charge in [0.2, 0.25) is 33.0 Å². The molecule has 420 valence electrons. The van der Waals surface area contributed by atoms with Crippen LogP contribution in [0.4, 0.5) is 34.1 Å². The molecule has 0 saturated heterocycles. The van der Waals surface area contributed by atoms with Crippen LogP contribution in [0.25, 0.3) is 33.4 Å². The number of H-pyrrole nitrogens is 4. The summed E-state index contributed by atoms with van der Waals surface area (Å²) in [6.07, 6.45) is 0. The van der Waals surface area contributed by atoms with Gasteiger partial charge in [-0.05, 0) is 120 Å². The zero-order chi connectivity index (χ0) is 58.6. The van der Waals surface area contributed by atoms with Gasteiger partial charge in [-0.1, -0.05) is 23.6 Å². The molecule has 10 aromatic rings. The topological polar surface area (TPSA) is 508 Å². The van der Waals surface area contributed by atoms with Crippen molar-refractivity contribution < 1.29 is 126 Å². The van der Waals surface area contributed by atoms with Crippen LogP contribution >= 0.6 is 23.2 Å². The van der Waals surface area contributed by atoms with Gasteiger partial charge in [-0.2, -0.15) is 58.2 Å². The second-order valence-electron chi connectivity index (χ2n) is 16.5. The Morgan fingerprint density at radius 1 is 0.488 bits per heavy atom. The van der Waals surface area contributed by atoms with E-state index >= 15 is 0 Å². The number of hydrogen-bond acceptors (Lipinski definition) is 21. The molecule has 0 spiro atoms. The van der Waals surface area contributed by atoms with Crippen molar-refractivity contribution in [2.45, 2.75) is 19.6 Å². The van der Waals surface area contributed by atoms with Crippen LogP contribution in [-0.2, 0) is 40.5 Å². The number of benzene rings is 6. The monoisotopic (exact) mass is 1280 g/mol. The van der Waals surface area contributed by atoms with E-state index in [0.29, 0.717) is 0 Å². The van der Waals surface area contributed by atoms with Gasteiger partial charge < -0.3 is 30.6 Å². The molecule has 0 fully saturated rings. The van der Waals surface area contributed by atoms with E-state index in [1.165, 1.54) is 48.5 Å². The van der Waals surface area contributed by atoms with E-state index in [-0.39, 0.29) is 148 Å². The summed E-state index contributed by atoms with van der Waals surface area (Å²) in [5.41, 5.74) is -1.52. The fraction of sp³-hybridized carbons (Fsp3) is 0. The van der Waals surface area contributed by atoms with Crippen molar-refractivity contribution in [2.75, 3.05) is 5.32 Å². The van der Waals surface area contributed by atoms with E-state index in [0.717, 1.165) is 70.3 Å². The van der Waals surface area contributed by atoms with Crippen LogP contribution in [0.15, 0.2) is 154 Å². The van der Waals surface area contributed by atoms with Crippen molar-refractivity contribution in [1.29, 1.82) is 0 Å². The van der Waals surface area contributed by atoms with Crippen LogP contribution in [-0.4, -0.2) is 123 Å². The maximum atomic E-state index is 12.7. The number of aromatic nitrogens is 12. The molecule has 0 amide bonds. The van der Waals surface area contributed by atoms with Crippen LogP contribution in [0, 0.1) is 0 Å². The summed E-state index contributed by atoms with van der Waals surface area (Å²) >= 11 is 12.4. The predicted octanol–water partition coefficient (Wildman–Crippen LogP) is -3.71. The summed E-state index contributed by atoms with van der Waals surface area (Å²) in [6, 6.07) is 19.5. The van der Waals surface area contributed by atoms with E-state index in [4.69, 9.17) is 23.2 Å². The fourth-order valence-corrected chi connectivity index (χ4v) is 9.94. The molecule has 0 atom stereocenters. The number of nitrogens with zero attached hydrogens (tertiary/aromatic N) is 13. The van der Waals surface area contributed by atoms with E-state index in [1.807, 2.05) is 0 Å². The third kappa shape index (κ3) is 14.5. The molecule has 0 bridgehead atoms. The minimum atomic E-state index is -5.09. The number of halogens is 2. The first-order valence-corrected chi connectivity index (χ1v) is 28.6. The van der Waals surface area contributed by atoms with Gasteiger partial charge in [0, 0.05) is 5.69 Å². The minimum Gasteiger partial charge on any atom is -0.871 e. The van der Waals surface area contributed by atoms with Crippen molar-refractivity contribution in [2.24, 2.45) is 25.0 Å². The normalized spacial score (nSPS) is 13.3. The van der Waals surface area contributed by atoms with Gasteiger partial charge in [0.15, 0.2) is 0 Å². The molecule has 84 heavy (non-hydrogen) atoms. The molecule has 0 radical (unpaired) electrons. The zero-order valence-electron chi connectivity index (χ0n) is 41.9. The third-order valence-corrected chi connectivity index (χ3v) is 14.6. The Bertz CT molecular complexity index is 5150. The van der Waals surface area contributed by atoms with Crippen LogP contribution < -0.4 is 97.1 Å². The molecule has 6 aromatic carbocycles. The van der Waals surface area contributed by atoms with Crippen LogP contribution in [0.1, 0.15) is 0 Å². The number of rotatable bonds is 12. The van der Waals surface area contributed by atoms with Gasteiger partial charge in [-0.15, -0.1) is 20.4 Å². The van der Waals surface area contributed by atoms with Gasteiger partial charge in [0.05, 0.1) is 49.6 Å². The van der Waals surface area contributed by atoms with Crippen molar-refractivity contribution in [3.05, 3.63) is 142 Å². The number of aromatic amines is 4. The number of fused-ring (bicyclic) bond motifs is 2. The second kappa shape index (κ2) is 24.2. The van der Waals surface area contributed by atoms with Crippen LogP contribution in [0.3, 0.4) is 0 Å². The number of aliphatic hydroxyl groups is 1. The molecule has 0 saturated carbocycles. The number of aliphatic hydroxyl groups excluding tert-OH is 1. The van der Waals surface area contributed by atoms with Crippen molar-refractivity contribution in [3.8, 4) is 22.9 Å². The average molecular weight is 1280 g/mol. The number of amidine groups is 1. The molecule has 4 heterocycles. The number of anilines is 1. The Balaban J connectivity index is 0.00000460. The molecule has 41 heteroatoms. The summed E-state index contributed by atoms with van der Waals surface area (Å²) in [5, 5.41) is 54.4. The summed E-state index contributed by atoms with van der Waals surface area (Å²) < 4.78 is 137. The quantitative estimate of drug-likeness (QED) is 0.0243. The molecular formula is C43H28Cl2N18Na2O15S4. The molecule has 4 aromatic heterocycles. The largest absolute Gasteiger partial charge is 1.00 e. The minimum absolute atomic E-state index is 0. The van der Waals surface area contributed by atoms with E-state index in [1.54, 1.807) is 0 Å². The van der Waals surface area contributed by atoms with Gasteiger partial charge >= 0.3 is 59.1 Å². The first-order chi connectivity index (χ1) is 38.6. The third-order valence-electron chi connectivity index (χ3n) is 10.8. The molecule has 0 aliphatic carbocycles. The molecule has 0 aliphatic rings. The van der Waals surface area contributed by atoms with Gasteiger partial charge in [-0.25, -0.2) is 20.0 Å². The summed E-state index contributed by atoms with van der Waals surface area (Å²) in [6.45, 7) is 0. The van der Waals surface area contributed by atoms with E-state index < -0.39 is 88.9 Å². The summed E-state index contributed by atoms with van der Waals surface area (Å²) in [4.78, 5) is 38.5. The maximum absolute atomic E-state index is 12.7. The Morgan fingerprint density at radius 2 is 0.905 bits per heavy atom. The van der Waals surface area contributed by atoms with Gasteiger partial charge in [0.25, 0.3) is 46.5 Å². The molecule has 33 nitrogen and oxygen atoms in total. The van der Waals surface area contributed by atoms with E-state index in [2.05, 4.69) is 80.6 Å². The van der Waals surface area contributed by atoms with E-state index in [9.17, 15) is 67.2 Å². The average Bonchev–Trinajstić information content (AvgIpc) is 2.79. The Hall–Kier alpha value is -7.57. The molecular weight excluding hydrogens is 1250 g/mol. The number of aliphatic imine (C=N–C) groups is 1. The molecule has 10 rings (SSSR count). The first-order valence-electron chi connectivity index (χ1n) is 22.1. The first kappa shape index (κ1) is 62.5. The fourth-order valence-electron chi connectivity index (χ4n) is 7.30. The maximum Gasteiger partial charge on any atom is 1.00 e. The zero-order valence-corrected chi connectivity index (χ0v) is 50.7. The second-order valence-corrected chi connectivity index (χ2v) is 22.8. The SMILES string of the molecule is O=S(=O)(O)c1ccc([O-])c(-n2nc3ccc(N=c4nc(Cl)[nH]c(=Nc5ccc(N=C(O)Nc6ccc(N=c7[nH]c(Cl)nc(=Nc8ccc9nn(-c%10cc(S(=O)(=O)O)ccc%10[O-])nc9c8)[nH]7)c(S(=O)(=O)O)c6)cc5S(=O)(=O)O)[nH]4)cc3n2)c1.[Na+].[Na+]. The van der Waals surface area contributed by atoms with Gasteiger partial charge in [0.1, 0.15) is 31.9 Å². The number of nitrogens with one attached hydrogen (secondary N) is 5. The standard InChI is InChI=1S/C43H30Cl2N18O15S4.2Na/c44-37-52-39(46-19-1-7-25-29(13-19)60-62(58-25)31-17-23(79(67,68)69)5-11-33(31)64)56-41(54-37)50-27-9-3-21(15-35(27)81(73,74)75)48-43(66)49-22-4-10-28(36(16-22)82(76,77)78)51-42-55-38(45)53-40(57-42)47-20-2-8-26-30(14-20)61-63(59-26)32-18-24(80(70,71)72)6-12-34(32)65;;/h1-18,64-65H,(H2,48,49,66)(H,67,68,69)(H,70,71,72)(H,73,74,75)(H,76,77,78)(H2,46,50,52,54,56)(H2,47,51,53,55,57);;/q;2*+1/p-2. The Kier molecular flexibility index (Phi) is 18.0. The predicted molar refractivity (Wildman–Crippen MR) is 279 cm³/mol. The molecule has 0 aliphatic heterocycles. The van der Waals surface area contributed by atoms with Gasteiger partial charge in [-0.3, -0.25) is 28.2 Å².